The van der Waals surface area contributed by atoms with Gasteiger partial charge in [-0.15, -0.1) is 0 Å². The van der Waals surface area contributed by atoms with Crippen molar-refractivity contribution in [3.05, 3.63) is 41.2 Å². The number of hydroxylamine groups is 2. The van der Waals surface area contributed by atoms with Gasteiger partial charge in [0.05, 0.1) is 12.9 Å². The summed E-state index contributed by atoms with van der Waals surface area (Å²) >= 11 is 0. The van der Waals surface area contributed by atoms with E-state index in [1.54, 1.807) is 19.9 Å². The minimum absolute atomic E-state index is 0.0229. The second kappa shape index (κ2) is 7.55. The molecule has 0 aromatic heterocycles. The Morgan fingerprint density at radius 2 is 2.04 bits per heavy atom. The lowest BCUT2D eigenvalue weighted by atomic mass is 9.78. The van der Waals surface area contributed by atoms with Crippen LogP contribution in [0.5, 0.6) is 5.75 Å². The summed E-state index contributed by atoms with van der Waals surface area (Å²) < 4.78 is 55.2. The van der Waals surface area contributed by atoms with Crippen LogP contribution in [0.4, 0.5) is 17.6 Å². The predicted octanol–water partition coefficient (Wildman–Crippen LogP) is 2.63. The Morgan fingerprint density at radius 3 is 2.59 bits per heavy atom. The number of benzene rings is 1. The highest BCUT2D eigenvalue weighted by Crippen LogP contribution is 2.36. The third kappa shape index (κ3) is 4.57. The number of carbonyl (C=O) groups is 2. The van der Waals surface area contributed by atoms with Crippen molar-refractivity contribution in [1.29, 1.82) is 0 Å². The molecule has 0 bridgehead atoms. The molecule has 0 saturated heterocycles. The maximum absolute atomic E-state index is 12.5. The second-order valence-corrected chi connectivity index (χ2v) is 6.57. The molecule has 1 aromatic rings. The van der Waals surface area contributed by atoms with E-state index >= 15 is 0 Å². The van der Waals surface area contributed by atoms with Crippen molar-refractivity contribution >= 4 is 11.9 Å². The van der Waals surface area contributed by atoms with Crippen LogP contribution in [0.1, 0.15) is 29.8 Å². The molecule has 0 saturated carbocycles. The van der Waals surface area contributed by atoms with Gasteiger partial charge in [0.1, 0.15) is 12.4 Å². The van der Waals surface area contributed by atoms with Crippen molar-refractivity contribution in [3.63, 3.8) is 0 Å². The molecule has 27 heavy (non-hydrogen) atoms. The smallest absolute Gasteiger partial charge is 0.489 e. The number of carbonyl (C=O) groups excluding carboxylic acids is 2. The summed E-state index contributed by atoms with van der Waals surface area (Å²) in [5.74, 6) is -3.01. The maximum atomic E-state index is 12.5. The van der Waals surface area contributed by atoms with E-state index in [9.17, 15) is 27.2 Å². The van der Waals surface area contributed by atoms with Crippen LogP contribution in [0, 0.1) is 0 Å². The summed E-state index contributed by atoms with van der Waals surface area (Å²) in [7, 11) is 0. The topological polar surface area (TPSA) is 81.9 Å². The van der Waals surface area contributed by atoms with Crippen LogP contribution in [0.2, 0.25) is 0 Å². The fourth-order valence-electron chi connectivity index (χ4n) is 2.55. The Bertz CT molecular complexity index is 775. The lowest BCUT2D eigenvalue weighted by Crippen LogP contribution is -2.49. The molecule has 6 nitrogen and oxygen atoms in total. The molecule has 0 spiro atoms. The molecule has 1 heterocycles. The van der Waals surface area contributed by atoms with Gasteiger partial charge in [0.2, 0.25) is 0 Å². The fourth-order valence-corrected chi connectivity index (χ4v) is 2.55. The number of hydrogen-bond acceptors (Lipinski definition) is 5. The molecule has 1 amide bonds. The van der Waals surface area contributed by atoms with Crippen LogP contribution in [0.15, 0.2) is 30.1 Å². The van der Waals surface area contributed by atoms with E-state index in [-0.39, 0.29) is 30.8 Å². The van der Waals surface area contributed by atoms with E-state index in [2.05, 4.69) is 4.84 Å². The molecule has 2 N–H and O–H groups in total. The largest absolute Gasteiger partial charge is 0.493 e. The molecule has 1 aliphatic heterocycles. The summed E-state index contributed by atoms with van der Waals surface area (Å²) in [6.45, 7) is 2.95. The predicted molar refractivity (Wildman–Crippen MR) is 86.4 cm³/mol. The van der Waals surface area contributed by atoms with Crippen LogP contribution >= 0.6 is 0 Å². The summed E-state index contributed by atoms with van der Waals surface area (Å²) in [5.41, 5.74) is 5.32. The fraction of sp³-hybridized carbons (Fsp3) is 0.412. The van der Waals surface area contributed by atoms with Crippen molar-refractivity contribution in [2.75, 3.05) is 19.7 Å². The molecule has 1 aromatic carbocycles. The maximum Gasteiger partial charge on any atom is 0.493 e. The first-order valence-electron chi connectivity index (χ1n) is 7.86. The van der Waals surface area contributed by atoms with E-state index in [1.165, 1.54) is 12.1 Å². The monoisotopic (exact) mass is 390 g/mol. The molecular formula is C17H18F4N2O4. The van der Waals surface area contributed by atoms with E-state index in [0.29, 0.717) is 22.7 Å². The van der Waals surface area contributed by atoms with Gasteiger partial charge in [0, 0.05) is 23.1 Å². The van der Waals surface area contributed by atoms with E-state index < -0.39 is 23.5 Å². The summed E-state index contributed by atoms with van der Waals surface area (Å²) in [4.78, 5) is 27.7. The number of alkyl halides is 3. The van der Waals surface area contributed by atoms with Gasteiger partial charge < -0.3 is 15.3 Å². The van der Waals surface area contributed by atoms with Crippen molar-refractivity contribution in [2.24, 2.45) is 5.73 Å². The number of rotatable bonds is 5. The highest BCUT2D eigenvalue weighted by atomic mass is 19.4. The number of fused-ring (bicyclic) bond motifs is 1. The quantitative estimate of drug-likeness (QED) is 0.782. The third-order valence-corrected chi connectivity index (χ3v) is 3.98. The number of nitrogens with two attached hydrogens (primary N) is 1. The Labute approximate surface area is 152 Å². The average molecular weight is 390 g/mol. The van der Waals surface area contributed by atoms with Gasteiger partial charge in [-0.3, -0.25) is 4.79 Å². The lowest BCUT2D eigenvalue weighted by Gasteiger charge is -2.37. The number of nitrogens with zero attached hydrogens (tertiary/aromatic N) is 1. The number of hydrogen-bond donors (Lipinski definition) is 1. The first-order valence-corrected chi connectivity index (χ1v) is 7.86. The summed E-state index contributed by atoms with van der Waals surface area (Å²) in [6, 6.07) is 4.31. The molecule has 0 unspecified atom stereocenters. The standard InChI is InChI=1S/C17H18F4N2O4/c1-16(2)9-23(27-15(25)17(19,20)21)14(24)12-4-3-11(5-13(12)16)26-8-10(6-18)7-22/h3-6H,7-9,22H2,1-2H3/b10-6-. The Hall–Kier alpha value is -2.62. The zero-order valence-electron chi connectivity index (χ0n) is 14.6. The van der Waals surface area contributed by atoms with Crippen LogP contribution in [-0.4, -0.2) is 42.8 Å². The minimum atomic E-state index is -5.22. The first-order chi connectivity index (χ1) is 12.5. The molecule has 2 rings (SSSR count). The van der Waals surface area contributed by atoms with E-state index in [4.69, 9.17) is 10.5 Å². The van der Waals surface area contributed by atoms with Gasteiger partial charge in [0.15, 0.2) is 0 Å². The summed E-state index contributed by atoms with van der Waals surface area (Å²) in [5, 5.41) is 0.400. The van der Waals surface area contributed by atoms with Gasteiger partial charge in [-0.25, -0.2) is 9.18 Å². The SMILES string of the molecule is CC1(C)CN(OC(=O)C(F)(F)F)C(=O)c2ccc(OC/C(=C\F)CN)cc21. The zero-order chi connectivity index (χ0) is 20.4. The molecule has 10 heteroatoms. The normalized spacial score (nSPS) is 16.8. The molecular weight excluding hydrogens is 372 g/mol. The van der Waals surface area contributed by atoms with E-state index in [0.717, 1.165) is 0 Å². The number of amides is 1. The molecule has 0 radical (unpaired) electrons. The molecule has 148 valence electrons. The minimum Gasteiger partial charge on any atom is -0.489 e. The van der Waals surface area contributed by atoms with Crippen molar-refractivity contribution < 1.29 is 36.7 Å². The highest BCUT2D eigenvalue weighted by molar-refractivity contribution is 5.97. The molecule has 0 atom stereocenters. The average Bonchev–Trinajstić information content (AvgIpc) is 2.59. The second-order valence-electron chi connectivity index (χ2n) is 6.57. The Kier molecular flexibility index (Phi) is 5.79. The van der Waals surface area contributed by atoms with Gasteiger partial charge in [-0.1, -0.05) is 13.8 Å². The van der Waals surface area contributed by atoms with Crippen LogP contribution in [-0.2, 0) is 15.0 Å². The van der Waals surface area contributed by atoms with Crippen molar-refractivity contribution in [2.45, 2.75) is 25.4 Å². The third-order valence-electron chi connectivity index (χ3n) is 3.98. The van der Waals surface area contributed by atoms with Gasteiger partial charge in [-0.2, -0.15) is 18.2 Å². The Balaban J connectivity index is 2.26. The van der Waals surface area contributed by atoms with Crippen LogP contribution in [0.25, 0.3) is 0 Å². The van der Waals surface area contributed by atoms with Crippen molar-refractivity contribution in [1.82, 2.24) is 5.06 Å². The van der Waals surface area contributed by atoms with Crippen molar-refractivity contribution in [3.8, 4) is 5.75 Å². The van der Waals surface area contributed by atoms with Gasteiger partial charge in [-0.05, 0) is 23.8 Å². The lowest BCUT2D eigenvalue weighted by molar-refractivity contribution is -0.230. The van der Waals surface area contributed by atoms with Gasteiger partial charge in [0.25, 0.3) is 5.91 Å². The van der Waals surface area contributed by atoms with E-state index in [1.807, 2.05) is 0 Å². The molecule has 1 aliphatic rings. The number of ether oxygens (including phenoxy) is 1. The molecule has 0 fully saturated rings. The molecule has 0 aliphatic carbocycles. The number of halogens is 4. The first kappa shape index (κ1) is 20.7. The highest BCUT2D eigenvalue weighted by Gasteiger charge is 2.46. The van der Waals surface area contributed by atoms with Crippen LogP contribution in [0.3, 0.4) is 0 Å². The van der Waals surface area contributed by atoms with Gasteiger partial charge >= 0.3 is 12.1 Å². The Morgan fingerprint density at radius 1 is 1.37 bits per heavy atom. The summed E-state index contributed by atoms with van der Waals surface area (Å²) in [6.07, 6.45) is -4.87. The van der Waals surface area contributed by atoms with Crippen LogP contribution < -0.4 is 10.5 Å². The zero-order valence-corrected chi connectivity index (χ0v) is 14.6.